The molecule has 138 valence electrons. The number of carbonyl (C=O) groups excluding carboxylic acids is 2. The van der Waals surface area contributed by atoms with Crippen LogP contribution >= 0.6 is 0 Å². The van der Waals surface area contributed by atoms with Gasteiger partial charge in [-0.3, -0.25) is 9.59 Å². The topological polar surface area (TPSA) is 67.4 Å². The number of rotatable bonds is 5. The minimum atomic E-state index is -0.364. The first-order chi connectivity index (χ1) is 12.2. The van der Waals surface area contributed by atoms with Gasteiger partial charge in [-0.15, -0.1) is 0 Å². The van der Waals surface area contributed by atoms with Crippen LogP contribution in [0.15, 0.2) is 24.3 Å². The number of hydrogen-bond donors (Lipinski definition) is 2. The molecule has 2 amide bonds. The maximum absolute atomic E-state index is 12.7. The number of nitrogens with one attached hydrogen (secondary N) is 2. The molecule has 0 radical (unpaired) electrons. The Kier molecular flexibility index (Phi) is 6.29. The van der Waals surface area contributed by atoms with Gasteiger partial charge in [0.2, 0.25) is 11.8 Å². The molecule has 2 aliphatic carbocycles. The molecular weight excluding hydrogens is 316 g/mol. The van der Waals surface area contributed by atoms with E-state index in [1.165, 1.54) is 0 Å². The maximum atomic E-state index is 12.7. The van der Waals surface area contributed by atoms with E-state index in [0.717, 1.165) is 51.4 Å². The Bertz CT molecular complexity index is 535. The molecule has 2 N–H and O–H groups in total. The molecule has 3 aliphatic rings. The predicted octanol–water partition coefficient (Wildman–Crippen LogP) is 2.48. The van der Waals surface area contributed by atoms with Crippen molar-refractivity contribution in [2.75, 3.05) is 19.8 Å². The lowest BCUT2D eigenvalue weighted by atomic mass is 9.86. The normalized spacial score (nSPS) is 28.3. The summed E-state index contributed by atoms with van der Waals surface area (Å²) in [6.07, 6.45) is 15.4. The van der Waals surface area contributed by atoms with Gasteiger partial charge in [0.15, 0.2) is 0 Å². The summed E-state index contributed by atoms with van der Waals surface area (Å²) < 4.78 is 5.49. The number of ether oxygens (including phenoxy) is 1. The molecule has 1 heterocycles. The Balaban J connectivity index is 1.58. The van der Waals surface area contributed by atoms with E-state index in [1.807, 2.05) is 0 Å². The van der Waals surface area contributed by atoms with Crippen molar-refractivity contribution in [3.05, 3.63) is 24.3 Å². The number of allylic oxidation sites excluding steroid dienone is 4. The highest BCUT2D eigenvalue weighted by Crippen LogP contribution is 2.25. The van der Waals surface area contributed by atoms with Crippen LogP contribution < -0.4 is 10.6 Å². The zero-order chi connectivity index (χ0) is 17.5. The summed E-state index contributed by atoms with van der Waals surface area (Å²) in [4.78, 5) is 25.2. The fourth-order valence-corrected chi connectivity index (χ4v) is 3.94. The van der Waals surface area contributed by atoms with Gasteiger partial charge in [-0.05, 0) is 51.4 Å². The first-order valence-electron chi connectivity index (χ1n) is 9.66. The molecule has 0 bridgehead atoms. The molecule has 0 aromatic rings. The van der Waals surface area contributed by atoms with Crippen molar-refractivity contribution in [3.63, 3.8) is 0 Å². The van der Waals surface area contributed by atoms with Crippen LogP contribution in [0.2, 0.25) is 0 Å². The van der Waals surface area contributed by atoms with E-state index < -0.39 is 0 Å². The Morgan fingerprint density at radius 1 is 0.920 bits per heavy atom. The Morgan fingerprint density at radius 2 is 1.52 bits per heavy atom. The van der Waals surface area contributed by atoms with Crippen LogP contribution in [0.3, 0.4) is 0 Å². The van der Waals surface area contributed by atoms with Gasteiger partial charge in [-0.2, -0.15) is 0 Å². The number of hydrogen-bond acceptors (Lipinski definition) is 3. The molecule has 1 aliphatic heterocycles. The molecule has 0 spiro atoms. The van der Waals surface area contributed by atoms with Crippen LogP contribution in [-0.4, -0.2) is 37.1 Å². The van der Waals surface area contributed by atoms with Gasteiger partial charge in [0, 0.05) is 31.6 Å². The second kappa shape index (κ2) is 8.65. The minimum absolute atomic E-state index is 0.0592. The molecule has 25 heavy (non-hydrogen) atoms. The third-order valence-corrected chi connectivity index (χ3v) is 5.72. The van der Waals surface area contributed by atoms with E-state index in [0.29, 0.717) is 19.8 Å². The summed E-state index contributed by atoms with van der Waals surface area (Å²) in [6.45, 7) is 1.77. The summed E-state index contributed by atoms with van der Waals surface area (Å²) in [7, 11) is 0. The van der Waals surface area contributed by atoms with Crippen LogP contribution in [0.25, 0.3) is 0 Å². The molecule has 1 saturated heterocycles. The zero-order valence-electron chi connectivity index (χ0n) is 15.0. The van der Waals surface area contributed by atoms with Gasteiger partial charge in [0.05, 0.1) is 5.54 Å². The predicted molar refractivity (Wildman–Crippen MR) is 96.9 cm³/mol. The molecule has 2 atom stereocenters. The molecule has 0 unspecified atom stereocenters. The van der Waals surface area contributed by atoms with E-state index in [4.69, 9.17) is 4.74 Å². The smallest absolute Gasteiger partial charge is 0.223 e. The van der Waals surface area contributed by atoms with Crippen molar-refractivity contribution in [1.82, 2.24) is 10.6 Å². The fourth-order valence-electron chi connectivity index (χ4n) is 3.94. The van der Waals surface area contributed by atoms with Crippen molar-refractivity contribution >= 4 is 11.8 Å². The summed E-state index contributed by atoms with van der Waals surface area (Å²) in [5.41, 5.74) is -0.364. The Hall–Kier alpha value is -1.62. The summed E-state index contributed by atoms with van der Waals surface area (Å²) >= 11 is 0. The van der Waals surface area contributed by atoms with E-state index in [9.17, 15) is 9.59 Å². The third kappa shape index (κ3) is 4.94. The monoisotopic (exact) mass is 346 g/mol. The lowest BCUT2D eigenvalue weighted by Gasteiger charge is -2.39. The molecule has 5 heteroatoms. The molecule has 5 nitrogen and oxygen atoms in total. The SMILES string of the molecule is O=C(NCC1(NC(=O)[C@@H]2CC=CCC2)CCOCC1)[C@@H]1CC=CCC1. The number of amides is 2. The lowest BCUT2D eigenvalue weighted by Crippen LogP contribution is -2.59. The Morgan fingerprint density at radius 3 is 2.08 bits per heavy atom. The van der Waals surface area contributed by atoms with Gasteiger partial charge in [-0.25, -0.2) is 0 Å². The molecule has 3 rings (SSSR count). The molecule has 0 aromatic carbocycles. The first-order valence-corrected chi connectivity index (χ1v) is 9.66. The van der Waals surface area contributed by atoms with Crippen molar-refractivity contribution < 1.29 is 14.3 Å². The van der Waals surface area contributed by atoms with Crippen LogP contribution in [0, 0.1) is 11.8 Å². The minimum Gasteiger partial charge on any atom is -0.381 e. The van der Waals surface area contributed by atoms with Crippen LogP contribution in [-0.2, 0) is 14.3 Å². The van der Waals surface area contributed by atoms with E-state index in [-0.39, 0.29) is 29.2 Å². The summed E-state index contributed by atoms with van der Waals surface area (Å²) in [5.74, 6) is 0.371. The average Bonchev–Trinajstić information content (AvgIpc) is 2.68. The largest absolute Gasteiger partial charge is 0.381 e. The maximum Gasteiger partial charge on any atom is 0.223 e. The molecule has 1 fully saturated rings. The quantitative estimate of drug-likeness (QED) is 0.752. The third-order valence-electron chi connectivity index (χ3n) is 5.72. The van der Waals surface area contributed by atoms with E-state index >= 15 is 0 Å². The molecule has 0 saturated carbocycles. The van der Waals surface area contributed by atoms with Crippen molar-refractivity contribution in [2.24, 2.45) is 11.8 Å². The molecular formula is C20H30N2O3. The lowest BCUT2D eigenvalue weighted by molar-refractivity contribution is -0.130. The van der Waals surface area contributed by atoms with Gasteiger partial charge < -0.3 is 15.4 Å². The number of carbonyl (C=O) groups is 2. The van der Waals surface area contributed by atoms with Crippen molar-refractivity contribution in [2.45, 2.75) is 56.9 Å². The summed E-state index contributed by atoms with van der Waals surface area (Å²) in [6, 6.07) is 0. The van der Waals surface area contributed by atoms with Crippen molar-refractivity contribution in [1.29, 1.82) is 0 Å². The van der Waals surface area contributed by atoms with E-state index in [1.54, 1.807) is 0 Å². The van der Waals surface area contributed by atoms with Crippen LogP contribution in [0.4, 0.5) is 0 Å². The highest BCUT2D eigenvalue weighted by atomic mass is 16.5. The second-order valence-electron chi connectivity index (χ2n) is 7.56. The van der Waals surface area contributed by atoms with Crippen molar-refractivity contribution in [3.8, 4) is 0 Å². The standard InChI is InChI=1S/C20H30N2O3/c23-18(16-7-3-1-4-8-16)21-15-20(11-13-25-14-12-20)22-19(24)17-9-5-2-6-10-17/h1-3,5,16-17H,4,6-15H2,(H,21,23)(H,22,24)/t16-,17-/m1/s1. The van der Waals surface area contributed by atoms with Gasteiger partial charge in [-0.1, -0.05) is 24.3 Å². The average molecular weight is 346 g/mol. The van der Waals surface area contributed by atoms with Crippen LogP contribution in [0.1, 0.15) is 51.4 Å². The van der Waals surface area contributed by atoms with Gasteiger partial charge in [0.1, 0.15) is 0 Å². The fraction of sp³-hybridized carbons (Fsp3) is 0.700. The van der Waals surface area contributed by atoms with Gasteiger partial charge >= 0.3 is 0 Å². The van der Waals surface area contributed by atoms with Gasteiger partial charge in [0.25, 0.3) is 0 Å². The van der Waals surface area contributed by atoms with Crippen LogP contribution in [0.5, 0.6) is 0 Å². The highest BCUT2D eigenvalue weighted by Gasteiger charge is 2.36. The summed E-state index contributed by atoms with van der Waals surface area (Å²) in [5, 5.41) is 6.39. The Labute approximate surface area is 150 Å². The highest BCUT2D eigenvalue weighted by molar-refractivity contribution is 5.81. The second-order valence-corrected chi connectivity index (χ2v) is 7.56. The van der Waals surface area contributed by atoms with E-state index in [2.05, 4.69) is 34.9 Å². The first kappa shape index (κ1) is 18.2. The zero-order valence-corrected chi connectivity index (χ0v) is 15.0. The molecule has 0 aromatic heterocycles.